The Morgan fingerprint density at radius 1 is 1.06 bits per heavy atom. The van der Waals surface area contributed by atoms with Gasteiger partial charge in [-0.05, 0) is 61.9 Å². The number of furan rings is 1. The lowest BCUT2D eigenvalue weighted by Gasteiger charge is -2.15. The van der Waals surface area contributed by atoms with Crippen molar-refractivity contribution < 1.29 is 27.9 Å². The molecule has 1 heterocycles. The van der Waals surface area contributed by atoms with Gasteiger partial charge in [-0.3, -0.25) is 9.59 Å². The first-order valence-electron chi connectivity index (χ1n) is 9.17. The largest absolute Gasteiger partial charge is 0.459 e. The maximum atomic E-state index is 13.1. The van der Waals surface area contributed by atoms with Gasteiger partial charge in [0.25, 0.3) is 11.8 Å². The number of benzene rings is 2. The van der Waals surface area contributed by atoms with Crippen LogP contribution in [0.5, 0.6) is 0 Å². The van der Waals surface area contributed by atoms with E-state index in [1.807, 2.05) is 0 Å². The number of hydrogen-bond acceptors (Lipinski definition) is 5. The molecule has 0 bridgehead atoms. The van der Waals surface area contributed by atoms with Gasteiger partial charge in [0.2, 0.25) is 0 Å². The second-order valence-corrected chi connectivity index (χ2v) is 7.03. The lowest BCUT2D eigenvalue weighted by atomic mass is 10.1. The first-order chi connectivity index (χ1) is 14.7. The topological polar surface area (TPSA) is 97.6 Å². The van der Waals surface area contributed by atoms with Crippen molar-refractivity contribution in [1.29, 1.82) is 0 Å². The average molecular weight is 445 g/mol. The van der Waals surface area contributed by atoms with Gasteiger partial charge in [-0.2, -0.15) is 0 Å². The van der Waals surface area contributed by atoms with Crippen molar-refractivity contribution in [2.45, 2.75) is 20.0 Å². The molecule has 3 aromatic rings. The number of carbonyl (C=O) groups is 3. The number of rotatable bonds is 6. The Hall–Kier alpha value is -3.65. The van der Waals surface area contributed by atoms with Crippen molar-refractivity contribution in [1.82, 2.24) is 0 Å². The van der Waals surface area contributed by atoms with Crippen molar-refractivity contribution >= 4 is 40.8 Å². The molecule has 0 aliphatic rings. The highest BCUT2D eigenvalue weighted by Crippen LogP contribution is 2.23. The summed E-state index contributed by atoms with van der Waals surface area (Å²) in [5.41, 5.74) is 1.44. The highest BCUT2D eigenvalue weighted by Gasteiger charge is 2.21. The minimum Gasteiger partial charge on any atom is -0.459 e. The summed E-state index contributed by atoms with van der Waals surface area (Å²) in [6.45, 7) is 3.15. The van der Waals surface area contributed by atoms with Crippen LogP contribution in [0, 0.1) is 12.7 Å². The van der Waals surface area contributed by atoms with Crippen LogP contribution in [0.1, 0.15) is 33.4 Å². The molecular formula is C22H18ClFN2O5. The number of amides is 2. The summed E-state index contributed by atoms with van der Waals surface area (Å²) >= 11 is 5.89. The molecule has 0 saturated carbocycles. The monoisotopic (exact) mass is 444 g/mol. The fourth-order valence-corrected chi connectivity index (χ4v) is 2.80. The van der Waals surface area contributed by atoms with Crippen LogP contribution in [-0.2, 0) is 9.53 Å². The Bertz CT molecular complexity index is 1130. The fraction of sp³-hybridized carbons (Fsp3) is 0.136. The third kappa shape index (κ3) is 5.49. The maximum Gasteiger partial charge on any atom is 0.338 e. The Morgan fingerprint density at radius 3 is 2.52 bits per heavy atom. The molecule has 0 aliphatic heterocycles. The highest BCUT2D eigenvalue weighted by atomic mass is 35.5. The molecule has 2 amide bonds. The molecule has 7 nitrogen and oxygen atoms in total. The second kappa shape index (κ2) is 9.44. The quantitative estimate of drug-likeness (QED) is 0.531. The van der Waals surface area contributed by atoms with E-state index in [-0.39, 0.29) is 22.0 Å². The lowest BCUT2D eigenvalue weighted by molar-refractivity contribution is -0.123. The van der Waals surface area contributed by atoms with Crippen LogP contribution in [0.15, 0.2) is 59.2 Å². The Labute approximate surface area is 182 Å². The van der Waals surface area contributed by atoms with Crippen molar-refractivity contribution in [3.63, 3.8) is 0 Å². The van der Waals surface area contributed by atoms with Crippen molar-refractivity contribution in [3.8, 4) is 0 Å². The summed E-state index contributed by atoms with van der Waals surface area (Å²) in [4.78, 5) is 37.0. The summed E-state index contributed by atoms with van der Waals surface area (Å²) in [6, 6.07) is 11.2. The summed E-state index contributed by atoms with van der Waals surface area (Å²) in [5, 5.41) is 5.15. The SMILES string of the molecule is Cc1ccc(C(=O)OC(C)C(=O)Nc2ccc(F)cc2Cl)cc1NC(=O)c1ccco1. The molecule has 3 rings (SSSR count). The van der Waals surface area contributed by atoms with E-state index in [9.17, 15) is 18.8 Å². The summed E-state index contributed by atoms with van der Waals surface area (Å²) in [5.74, 6) is -2.29. The number of nitrogens with one attached hydrogen (secondary N) is 2. The van der Waals surface area contributed by atoms with E-state index >= 15 is 0 Å². The normalized spacial score (nSPS) is 11.5. The zero-order valence-corrected chi connectivity index (χ0v) is 17.3. The Balaban J connectivity index is 1.66. The van der Waals surface area contributed by atoms with Crippen LogP contribution < -0.4 is 10.6 Å². The number of ether oxygens (including phenoxy) is 1. The second-order valence-electron chi connectivity index (χ2n) is 6.62. The van der Waals surface area contributed by atoms with Crippen LogP contribution in [0.25, 0.3) is 0 Å². The fourth-order valence-electron chi connectivity index (χ4n) is 2.58. The molecule has 1 atom stereocenters. The van der Waals surface area contributed by atoms with Gasteiger partial charge >= 0.3 is 5.97 Å². The molecule has 0 radical (unpaired) electrons. The van der Waals surface area contributed by atoms with Gasteiger partial charge in [0.05, 0.1) is 22.5 Å². The van der Waals surface area contributed by atoms with Crippen LogP contribution >= 0.6 is 11.6 Å². The number of aryl methyl sites for hydroxylation is 1. The van der Waals surface area contributed by atoms with E-state index in [1.165, 1.54) is 37.5 Å². The van der Waals surface area contributed by atoms with Crippen LogP contribution in [0.2, 0.25) is 5.02 Å². The number of esters is 1. The number of anilines is 2. The molecule has 1 aromatic heterocycles. The molecular weight excluding hydrogens is 427 g/mol. The summed E-state index contributed by atoms with van der Waals surface area (Å²) in [7, 11) is 0. The van der Waals surface area contributed by atoms with E-state index in [0.29, 0.717) is 11.3 Å². The summed E-state index contributed by atoms with van der Waals surface area (Å²) in [6.07, 6.45) is 0.220. The molecule has 31 heavy (non-hydrogen) atoms. The zero-order chi connectivity index (χ0) is 22.5. The Morgan fingerprint density at radius 2 is 1.84 bits per heavy atom. The molecule has 1 unspecified atom stereocenters. The zero-order valence-electron chi connectivity index (χ0n) is 16.6. The number of carbonyl (C=O) groups excluding carboxylic acids is 3. The molecule has 9 heteroatoms. The van der Waals surface area contributed by atoms with Crippen molar-refractivity contribution in [2.75, 3.05) is 10.6 Å². The van der Waals surface area contributed by atoms with E-state index in [0.717, 1.165) is 12.1 Å². The summed E-state index contributed by atoms with van der Waals surface area (Å²) < 4.78 is 23.4. The van der Waals surface area contributed by atoms with Gasteiger partial charge in [0.1, 0.15) is 5.82 Å². The predicted octanol–water partition coefficient (Wildman–Crippen LogP) is 4.82. The lowest BCUT2D eigenvalue weighted by Crippen LogP contribution is -2.30. The molecule has 160 valence electrons. The van der Waals surface area contributed by atoms with E-state index in [1.54, 1.807) is 19.1 Å². The van der Waals surface area contributed by atoms with E-state index in [4.69, 9.17) is 20.8 Å². The van der Waals surface area contributed by atoms with Gasteiger partial charge in [0, 0.05) is 5.69 Å². The van der Waals surface area contributed by atoms with E-state index < -0.39 is 29.7 Å². The predicted molar refractivity (Wildman–Crippen MR) is 113 cm³/mol. The maximum absolute atomic E-state index is 13.1. The standard InChI is InChI=1S/C22H18ClFN2O5/c1-12-5-6-14(10-18(12)26-21(28)19-4-3-9-30-19)22(29)31-13(2)20(27)25-17-8-7-15(24)11-16(17)23/h3-11,13H,1-2H3,(H,25,27)(H,26,28). The highest BCUT2D eigenvalue weighted by molar-refractivity contribution is 6.33. The first-order valence-corrected chi connectivity index (χ1v) is 9.55. The van der Waals surface area contributed by atoms with Gasteiger partial charge in [0.15, 0.2) is 11.9 Å². The van der Waals surface area contributed by atoms with Gasteiger partial charge in [-0.25, -0.2) is 9.18 Å². The molecule has 0 aliphatic carbocycles. The van der Waals surface area contributed by atoms with Gasteiger partial charge in [-0.1, -0.05) is 17.7 Å². The molecule has 2 N–H and O–H groups in total. The van der Waals surface area contributed by atoms with Gasteiger partial charge < -0.3 is 19.8 Å². The third-order valence-electron chi connectivity index (χ3n) is 4.31. The first kappa shape index (κ1) is 22.0. The van der Waals surface area contributed by atoms with Crippen molar-refractivity contribution in [3.05, 3.63) is 82.5 Å². The number of hydrogen-bond donors (Lipinski definition) is 2. The molecule has 2 aromatic carbocycles. The minimum atomic E-state index is -1.16. The Kier molecular flexibility index (Phi) is 6.71. The van der Waals surface area contributed by atoms with Crippen LogP contribution in [0.4, 0.5) is 15.8 Å². The minimum absolute atomic E-state index is 0.0161. The van der Waals surface area contributed by atoms with Crippen molar-refractivity contribution in [2.24, 2.45) is 0 Å². The number of halogens is 2. The van der Waals surface area contributed by atoms with Crippen LogP contribution in [0.3, 0.4) is 0 Å². The molecule has 0 saturated heterocycles. The third-order valence-corrected chi connectivity index (χ3v) is 4.62. The van der Waals surface area contributed by atoms with Gasteiger partial charge in [-0.15, -0.1) is 0 Å². The molecule has 0 fully saturated rings. The average Bonchev–Trinajstić information content (AvgIpc) is 3.26. The molecule has 0 spiro atoms. The van der Waals surface area contributed by atoms with E-state index in [2.05, 4.69) is 10.6 Å². The smallest absolute Gasteiger partial charge is 0.338 e. The van der Waals surface area contributed by atoms with Crippen LogP contribution in [-0.4, -0.2) is 23.9 Å².